The van der Waals surface area contributed by atoms with Crippen LogP contribution < -0.4 is 21.2 Å². The highest BCUT2D eigenvalue weighted by atomic mass is 19.1. The first-order chi connectivity index (χ1) is 21.7. The second-order valence-corrected chi connectivity index (χ2v) is 14.0. The fraction of sp³-hybridized carbons (Fsp3) is 0.636. The van der Waals surface area contributed by atoms with Crippen LogP contribution in [0.4, 0.5) is 14.5 Å². The first-order valence-electron chi connectivity index (χ1n) is 16.6. The number of anilines is 1. The van der Waals surface area contributed by atoms with Crippen molar-refractivity contribution in [1.82, 2.24) is 31.1 Å². The Morgan fingerprint density at radius 2 is 1.98 bits per heavy atom. The monoisotopic (exact) mass is 622 g/mol. The topological polar surface area (TPSA) is 87.7 Å². The molecule has 1 aromatic carbocycles. The van der Waals surface area contributed by atoms with E-state index in [-0.39, 0.29) is 48.6 Å². The molecule has 3 fully saturated rings. The molecule has 9 unspecified atom stereocenters. The average molecular weight is 623 g/mol. The minimum absolute atomic E-state index is 0.0354. The molecule has 45 heavy (non-hydrogen) atoms. The van der Waals surface area contributed by atoms with Gasteiger partial charge < -0.3 is 24.9 Å². The van der Waals surface area contributed by atoms with Crippen LogP contribution in [0.2, 0.25) is 0 Å². The standard InChI is InChI=1S/C33H44F2N8O2/c1-5-27(44)40-14-18(3)41(15-17(40)2)31-23-13-25(35)29-28-24(34)10-7-11-26(28)42-16-21(38-39-42)12-20-8-6-9-22-19(4)45-33(37-31)43(30(20)22)32(23)36-29/h5-6,8-9,16-19,23-26,28-29,32-33,36,38-39H,1,7,10-15H2,2-4H3/t17-,18+,19?,23?,24?,25?,26?,28?,29?,32?,33?/m1/s1. The van der Waals surface area contributed by atoms with Crippen LogP contribution in [0.5, 0.6) is 0 Å². The molecule has 6 aliphatic heterocycles. The van der Waals surface area contributed by atoms with Gasteiger partial charge in [-0.25, -0.2) is 13.8 Å². The van der Waals surface area contributed by atoms with Crippen molar-refractivity contribution in [3.63, 3.8) is 0 Å². The number of rotatable bonds is 1. The number of nitrogens with zero attached hydrogens (tertiary/aromatic N) is 5. The number of aliphatic imine (C=N–C) groups is 1. The van der Waals surface area contributed by atoms with E-state index in [9.17, 15) is 4.79 Å². The SMILES string of the molecule is C=CC(=O)N1C[C@H](C)N(C2=NC3OC(C)c4cccc5c4N3C3NC(C(F)CC23)C2C(F)CCCC2N2C=C(C5)NN2)C[C@H]1C. The molecule has 1 amide bonds. The number of fused-ring (bicyclic) bond motifs is 5. The van der Waals surface area contributed by atoms with E-state index in [1.54, 1.807) is 0 Å². The fourth-order valence-corrected chi connectivity index (χ4v) is 9.15. The highest BCUT2D eigenvalue weighted by molar-refractivity contribution is 5.90. The molecule has 7 aliphatic rings. The largest absolute Gasteiger partial charge is 0.353 e. The Morgan fingerprint density at radius 3 is 2.80 bits per heavy atom. The van der Waals surface area contributed by atoms with Crippen LogP contribution in [-0.4, -0.2) is 88.7 Å². The molecule has 3 N–H and O–H groups in total. The maximum absolute atomic E-state index is 16.7. The Labute approximate surface area is 263 Å². The number of carbonyl (C=O) groups is 1. The summed E-state index contributed by atoms with van der Waals surface area (Å²) in [5, 5.41) is 5.72. The Bertz CT molecular complexity index is 1440. The highest BCUT2D eigenvalue weighted by Gasteiger charge is 2.56. The Balaban J connectivity index is 1.26. The van der Waals surface area contributed by atoms with Crippen molar-refractivity contribution in [2.45, 2.75) is 108 Å². The smallest absolute Gasteiger partial charge is 0.246 e. The number of nitrogens with one attached hydrogen (secondary N) is 3. The number of piperazine rings is 1. The van der Waals surface area contributed by atoms with Crippen LogP contribution in [0.25, 0.3) is 0 Å². The van der Waals surface area contributed by atoms with E-state index in [4.69, 9.17) is 9.73 Å². The van der Waals surface area contributed by atoms with E-state index in [0.717, 1.165) is 41.2 Å². The average Bonchev–Trinajstić information content (AvgIpc) is 3.49. The Hall–Kier alpha value is -3.22. The van der Waals surface area contributed by atoms with Gasteiger partial charge in [-0.2, -0.15) is 0 Å². The molecule has 1 aliphatic carbocycles. The summed E-state index contributed by atoms with van der Waals surface area (Å²) in [7, 11) is 0. The fourth-order valence-electron chi connectivity index (χ4n) is 9.15. The number of piperidine rings is 1. The third-order valence-electron chi connectivity index (χ3n) is 11.3. The van der Waals surface area contributed by atoms with Gasteiger partial charge in [-0.3, -0.25) is 15.1 Å². The molecule has 1 saturated carbocycles. The summed E-state index contributed by atoms with van der Waals surface area (Å²) in [4.78, 5) is 24.2. The maximum atomic E-state index is 16.7. The van der Waals surface area contributed by atoms with Crippen LogP contribution in [-0.2, 0) is 16.0 Å². The Kier molecular flexibility index (Phi) is 7.10. The quantitative estimate of drug-likeness (QED) is 0.412. The minimum Gasteiger partial charge on any atom is -0.353 e. The maximum Gasteiger partial charge on any atom is 0.246 e. The number of para-hydroxylation sites is 1. The highest BCUT2D eigenvalue weighted by Crippen LogP contribution is 2.48. The van der Waals surface area contributed by atoms with Gasteiger partial charge in [0.25, 0.3) is 0 Å². The number of amidine groups is 1. The lowest BCUT2D eigenvalue weighted by atomic mass is 9.72. The summed E-state index contributed by atoms with van der Waals surface area (Å²) >= 11 is 0. The van der Waals surface area contributed by atoms with Crippen molar-refractivity contribution in [3.8, 4) is 0 Å². The summed E-state index contributed by atoms with van der Waals surface area (Å²) in [6.45, 7) is 11.0. The van der Waals surface area contributed by atoms with Crippen molar-refractivity contribution >= 4 is 17.4 Å². The number of hydrogen-bond donors (Lipinski definition) is 3. The third kappa shape index (κ3) is 4.58. The van der Waals surface area contributed by atoms with Crippen molar-refractivity contribution in [2.24, 2.45) is 16.8 Å². The zero-order valence-corrected chi connectivity index (χ0v) is 26.2. The van der Waals surface area contributed by atoms with E-state index in [1.807, 2.05) is 23.0 Å². The molecule has 4 bridgehead atoms. The van der Waals surface area contributed by atoms with Gasteiger partial charge in [-0.15, -0.1) is 5.53 Å². The number of carbonyl (C=O) groups excluding carboxylic acids is 1. The van der Waals surface area contributed by atoms with Crippen LogP contribution in [0.1, 0.15) is 63.7 Å². The third-order valence-corrected chi connectivity index (χ3v) is 11.3. The van der Waals surface area contributed by atoms with Crippen LogP contribution in [0, 0.1) is 11.8 Å². The summed E-state index contributed by atoms with van der Waals surface area (Å²) in [6, 6.07) is 5.35. The zero-order valence-electron chi connectivity index (χ0n) is 26.2. The Morgan fingerprint density at radius 1 is 1.13 bits per heavy atom. The van der Waals surface area contributed by atoms with Crippen molar-refractivity contribution in [2.75, 3.05) is 18.0 Å². The van der Waals surface area contributed by atoms with E-state index in [0.29, 0.717) is 25.9 Å². The van der Waals surface area contributed by atoms with Gasteiger partial charge in [-0.05, 0) is 58.1 Å². The molecule has 10 nitrogen and oxygen atoms in total. The first kappa shape index (κ1) is 29.2. The summed E-state index contributed by atoms with van der Waals surface area (Å²) in [6.07, 6.45) is 2.69. The predicted octanol–water partition coefficient (Wildman–Crippen LogP) is 3.26. The number of benzene rings is 1. The van der Waals surface area contributed by atoms with Gasteiger partial charge in [-0.1, -0.05) is 24.8 Å². The number of allylic oxidation sites excluding steroid dienone is 1. The molecule has 0 aromatic heterocycles. The second-order valence-electron chi connectivity index (χ2n) is 14.0. The molecule has 0 radical (unpaired) electrons. The lowest BCUT2D eigenvalue weighted by molar-refractivity contribution is -0.130. The first-order valence-corrected chi connectivity index (χ1v) is 16.6. The van der Waals surface area contributed by atoms with Gasteiger partial charge in [0.1, 0.15) is 18.2 Å². The molecule has 2 saturated heterocycles. The van der Waals surface area contributed by atoms with Crippen molar-refractivity contribution in [1.29, 1.82) is 0 Å². The molecule has 1 aromatic rings. The summed E-state index contributed by atoms with van der Waals surface area (Å²) < 4.78 is 39.5. The summed E-state index contributed by atoms with van der Waals surface area (Å²) in [5.41, 5.74) is 10.9. The number of hydrazine groups is 2. The normalized spacial score (nSPS) is 40.3. The molecule has 242 valence electrons. The lowest BCUT2D eigenvalue weighted by Crippen LogP contribution is -2.73. The van der Waals surface area contributed by atoms with E-state index >= 15 is 8.78 Å². The second kappa shape index (κ2) is 10.9. The van der Waals surface area contributed by atoms with Crippen LogP contribution in [0.15, 0.2) is 47.7 Å². The zero-order chi connectivity index (χ0) is 31.1. The molecular weight excluding hydrogens is 578 g/mol. The van der Waals surface area contributed by atoms with Crippen LogP contribution >= 0.6 is 0 Å². The van der Waals surface area contributed by atoms with Gasteiger partial charge in [0.2, 0.25) is 12.3 Å². The van der Waals surface area contributed by atoms with Gasteiger partial charge in [0.15, 0.2) is 0 Å². The predicted molar refractivity (Wildman–Crippen MR) is 167 cm³/mol. The number of amides is 1. The van der Waals surface area contributed by atoms with Gasteiger partial charge >= 0.3 is 0 Å². The number of halogens is 2. The van der Waals surface area contributed by atoms with Crippen molar-refractivity contribution < 1.29 is 18.3 Å². The lowest BCUT2D eigenvalue weighted by Gasteiger charge is -2.57. The van der Waals surface area contributed by atoms with E-state index in [1.165, 1.54) is 6.08 Å². The molecule has 6 heterocycles. The van der Waals surface area contributed by atoms with Crippen molar-refractivity contribution in [3.05, 3.63) is 53.9 Å². The number of alkyl halides is 2. The van der Waals surface area contributed by atoms with Gasteiger partial charge in [0.05, 0.1) is 29.9 Å². The minimum atomic E-state index is -1.27. The number of hydrogen-bond acceptors (Lipinski definition) is 9. The van der Waals surface area contributed by atoms with Gasteiger partial charge in [0, 0.05) is 61.0 Å². The van der Waals surface area contributed by atoms with Crippen LogP contribution in [0.3, 0.4) is 0 Å². The van der Waals surface area contributed by atoms with E-state index < -0.39 is 30.7 Å². The molecular formula is C33H44F2N8O2. The number of ether oxygens (including phenoxy) is 1. The molecule has 12 heteroatoms. The van der Waals surface area contributed by atoms with E-state index in [2.05, 4.69) is 64.7 Å². The molecule has 0 spiro atoms. The summed E-state index contributed by atoms with van der Waals surface area (Å²) in [5.74, 6) is -0.105. The molecule has 8 rings (SSSR count). The molecule has 11 atom stereocenters.